The van der Waals surface area contributed by atoms with E-state index in [1.165, 1.54) is 5.57 Å². The average molecular weight is 145 g/mol. The second kappa shape index (κ2) is 5.90. The Hall–Kier alpha value is -0.230. The van der Waals surface area contributed by atoms with Crippen LogP contribution in [-0.2, 0) is 0 Å². The smallest absolute Gasteiger partial charge is 0.0258 e. The van der Waals surface area contributed by atoms with Gasteiger partial charge in [-0.05, 0) is 20.3 Å². The van der Waals surface area contributed by atoms with Crippen molar-refractivity contribution in [3.63, 3.8) is 0 Å². The van der Waals surface area contributed by atoms with Gasteiger partial charge in [0.1, 0.15) is 0 Å². The molecule has 0 saturated heterocycles. The Morgan fingerprint density at radius 2 is 2.11 bits per heavy atom. The lowest BCUT2D eigenvalue weighted by Crippen LogP contribution is -1.65. The lowest BCUT2D eigenvalue weighted by molar-refractivity contribution is 1.23. The molecule has 9 heavy (non-hydrogen) atoms. The first kappa shape index (κ1) is 8.77. The van der Waals surface area contributed by atoms with Crippen LogP contribution >= 0.6 is 11.6 Å². The summed E-state index contributed by atoms with van der Waals surface area (Å²) in [6.07, 6.45) is 7.15. The van der Waals surface area contributed by atoms with Crippen molar-refractivity contribution in [3.05, 3.63) is 23.8 Å². The molecule has 0 aromatic heterocycles. The van der Waals surface area contributed by atoms with Crippen molar-refractivity contribution in [2.75, 3.05) is 5.88 Å². The van der Waals surface area contributed by atoms with Crippen molar-refractivity contribution in [2.45, 2.75) is 20.3 Å². The van der Waals surface area contributed by atoms with E-state index in [0.717, 1.165) is 6.42 Å². The molecule has 0 nitrogen and oxygen atoms in total. The zero-order valence-electron chi connectivity index (χ0n) is 6.02. The van der Waals surface area contributed by atoms with Crippen molar-refractivity contribution >= 4 is 11.6 Å². The van der Waals surface area contributed by atoms with Gasteiger partial charge in [0, 0.05) is 5.88 Å². The maximum Gasteiger partial charge on any atom is 0.0258 e. The molecule has 0 unspecified atom stereocenters. The van der Waals surface area contributed by atoms with E-state index in [9.17, 15) is 0 Å². The van der Waals surface area contributed by atoms with Crippen molar-refractivity contribution in [3.8, 4) is 0 Å². The Morgan fingerprint density at radius 1 is 1.44 bits per heavy atom. The zero-order chi connectivity index (χ0) is 7.11. The maximum atomic E-state index is 5.44. The monoisotopic (exact) mass is 144 g/mol. The summed E-state index contributed by atoms with van der Waals surface area (Å²) in [5.74, 6) is 0.715. The second-order valence-corrected chi connectivity index (χ2v) is 2.53. The van der Waals surface area contributed by atoms with Crippen molar-refractivity contribution in [1.82, 2.24) is 0 Å². The van der Waals surface area contributed by atoms with Gasteiger partial charge in [-0.3, -0.25) is 0 Å². The third-order valence-corrected chi connectivity index (χ3v) is 1.06. The van der Waals surface area contributed by atoms with Gasteiger partial charge in [0.05, 0.1) is 0 Å². The summed E-state index contributed by atoms with van der Waals surface area (Å²) in [7, 11) is 0. The van der Waals surface area contributed by atoms with E-state index in [2.05, 4.69) is 26.0 Å². The van der Waals surface area contributed by atoms with Crippen LogP contribution in [0.1, 0.15) is 20.3 Å². The molecule has 0 spiro atoms. The number of alkyl halides is 1. The van der Waals surface area contributed by atoms with Crippen LogP contribution in [0.25, 0.3) is 0 Å². The first-order chi connectivity index (χ1) is 4.27. The topological polar surface area (TPSA) is 0 Å². The van der Waals surface area contributed by atoms with Gasteiger partial charge in [-0.25, -0.2) is 0 Å². The van der Waals surface area contributed by atoms with Crippen LogP contribution < -0.4 is 0 Å². The molecule has 52 valence electrons. The van der Waals surface area contributed by atoms with Gasteiger partial charge < -0.3 is 0 Å². The Bertz CT molecular complexity index is 108. The molecule has 0 aliphatic heterocycles. The highest BCUT2D eigenvalue weighted by atomic mass is 35.5. The van der Waals surface area contributed by atoms with Crippen LogP contribution in [0.15, 0.2) is 23.8 Å². The molecule has 0 atom stereocenters. The van der Waals surface area contributed by atoms with Crippen LogP contribution in [0.4, 0.5) is 0 Å². The Morgan fingerprint density at radius 3 is 2.56 bits per heavy atom. The van der Waals surface area contributed by atoms with Crippen molar-refractivity contribution < 1.29 is 0 Å². The fraction of sp³-hybridized carbons (Fsp3) is 0.500. The molecule has 0 heterocycles. The fourth-order valence-corrected chi connectivity index (χ4v) is 0.546. The molecule has 0 aromatic carbocycles. The number of allylic oxidation sites excluding steroid dienone is 4. The van der Waals surface area contributed by atoms with Gasteiger partial charge in [-0.2, -0.15) is 0 Å². The van der Waals surface area contributed by atoms with Crippen molar-refractivity contribution in [1.29, 1.82) is 0 Å². The summed E-state index contributed by atoms with van der Waals surface area (Å²) in [5.41, 5.74) is 1.32. The SMILES string of the molecule is CC(C)=CC=CCCCl. The van der Waals surface area contributed by atoms with E-state index in [1.807, 2.05) is 6.08 Å². The Kier molecular flexibility index (Phi) is 5.75. The lowest BCUT2D eigenvalue weighted by atomic mass is 10.3. The number of hydrogen-bond acceptors (Lipinski definition) is 0. The maximum absolute atomic E-state index is 5.44. The highest BCUT2D eigenvalue weighted by molar-refractivity contribution is 6.17. The first-order valence-electron chi connectivity index (χ1n) is 3.13. The summed E-state index contributed by atoms with van der Waals surface area (Å²) < 4.78 is 0. The third-order valence-electron chi connectivity index (χ3n) is 0.841. The van der Waals surface area contributed by atoms with Crippen LogP contribution in [0.3, 0.4) is 0 Å². The third kappa shape index (κ3) is 7.77. The van der Waals surface area contributed by atoms with E-state index in [0.29, 0.717) is 5.88 Å². The fourth-order valence-electron chi connectivity index (χ4n) is 0.420. The molecule has 0 saturated carbocycles. The van der Waals surface area contributed by atoms with Crippen LogP contribution in [0.5, 0.6) is 0 Å². The standard InChI is InChI=1S/C8H13Cl/c1-8(2)6-4-3-5-7-9/h3-4,6H,5,7H2,1-2H3. The number of rotatable bonds is 3. The highest BCUT2D eigenvalue weighted by Crippen LogP contribution is 1.91. The normalized spacial score (nSPS) is 10.1. The van der Waals surface area contributed by atoms with Crippen LogP contribution in [0.2, 0.25) is 0 Å². The summed E-state index contributed by atoms with van der Waals surface area (Å²) in [6, 6.07) is 0. The Labute approximate surface area is 62.2 Å². The van der Waals surface area contributed by atoms with Gasteiger partial charge in [0.15, 0.2) is 0 Å². The van der Waals surface area contributed by atoms with E-state index >= 15 is 0 Å². The highest BCUT2D eigenvalue weighted by Gasteiger charge is 1.72. The largest absolute Gasteiger partial charge is 0.126 e. The van der Waals surface area contributed by atoms with Gasteiger partial charge in [-0.1, -0.05) is 23.8 Å². The first-order valence-corrected chi connectivity index (χ1v) is 3.67. The average Bonchev–Trinajstić information content (AvgIpc) is 1.80. The zero-order valence-corrected chi connectivity index (χ0v) is 6.78. The molecule has 0 bridgehead atoms. The van der Waals surface area contributed by atoms with E-state index in [1.54, 1.807) is 0 Å². The van der Waals surface area contributed by atoms with E-state index < -0.39 is 0 Å². The molecule has 0 amide bonds. The van der Waals surface area contributed by atoms with Gasteiger partial charge >= 0.3 is 0 Å². The van der Waals surface area contributed by atoms with E-state index in [-0.39, 0.29) is 0 Å². The quantitative estimate of drug-likeness (QED) is 0.422. The molecule has 1 heteroatoms. The molecule has 0 radical (unpaired) electrons. The second-order valence-electron chi connectivity index (χ2n) is 2.15. The minimum atomic E-state index is 0.715. The van der Waals surface area contributed by atoms with Gasteiger partial charge in [0.2, 0.25) is 0 Å². The van der Waals surface area contributed by atoms with Gasteiger partial charge in [-0.15, -0.1) is 11.6 Å². The van der Waals surface area contributed by atoms with Crippen molar-refractivity contribution in [2.24, 2.45) is 0 Å². The molecule has 0 aromatic rings. The molecular formula is C8H13Cl. The summed E-state index contributed by atoms with van der Waals surface area (Å²) in [4.78, 5) is 0. The molecule has 0 rings (SSSR count). The number of hydrogen-bond donors (Lipinski definition) is 0. The number of halogens is 1. The predicted molar refractivity (Wildman–Crippen MR) is 43.9 cm³/mol. The molecular weight excluding hydrogens is 132 g/mol. The molecule has 0 aliphatic rings. The molecule has 0 N–H and O–H groups in total. The van der Waals surface area contributed by atoms with Crippen LogP contribution in [0, 0.1) is 0 Å². The summed E-state index contributed by atoms with van der Waals surface area (Å²) >= 11 is 5.44. The molecule has 0 aliphatic carbocycles. The van der Waals surface area contributed by atoms with Crippen LogP contribution in [-0.4, -0.2) is 5.88 Å². The minimum Gasteiger partial charge on any atom is -0.126 e. The summed E-state index contributed by atoms with van der Waals surface area (Å²) in [5, 5.41) is 0. The predicted octanol–water partition coefficient (Wildman–Crippen LogP) is 3.14. The van der Waals surface area contributed by atoms with E-state index in [4.69, 9.17) is 11.6 Å². The molecule has 0 fully saturated rings. The lowest BCUT2D eigenvalue weighted by Gasteiger charge is -1.82. The minimum absolute atomic E-state index is 0.715. The summed E-state index contributed by atoms with van der Waals surface area (Å²) in [6.45, 7) is 4.15. The Balaban J connectivity index is 3.35. The van der Waals surface area contributed by atoms with Gasteiger partial charge in [0.25, 0.3) is 0 Å².